The molecule has 0 saturated heterocycles. The lowest BCUT2D eigenvalue weighted by atomic mass is 10.1. The van der Waals surface area contributed by atoms with E-state index >= 15 is 0 Å². The van der Waals surface area contributed by atoms with Gasteiger partial charge in [0.15, 0.2) is 5.82 Å². The lowest BCUT2D eigenvalue weighted by Gasteiger charge is -2.10. The number of rotatable bonds is 10. The fourth-order valence-electron chi connectivity index (χ4n) is 5.79. The van der Waals surface area contributed by atoms with E-state index in [-0.39, 0.29) is 5.56 Å². The minimum Gasteiger partial charge on any atom is -0.494 e. The highest BCUT2D eigenvalue weighted by Crippen LogP contribution is 2.28. The molecule has 3 heterocycles. The summed E-state index contributed by atoms with van der Waals surface area (Å²) in [5.74, 6) is 2.05. The van der Waals surface area contributed by atoms with Gasteiger partial charge >= 0.3 is 0 Å². The Morgan fingerprint density at radius 3 is 2.30 bits per heavy atom. The summed E-state index contributed by atoms with van der Waals surface area (Å²) in [6.07, 6.45) is 7.52. The molecule has 0 atom stereocenters. The highest BCUT2D eigenvalue weighted by molar-refractivity contribution is 7.15. The minimum absolute atomic E-state index is 0.228. The van der Waals surface area contributed by atoms with E-state index in [0.717, 1.165) is 45.1 Å². The van der Waals surface area contributed by atoms with Gasteiger partial charge in [0.25, 0.3) is 5.56 Å². The molecule has 3 aromatic heterocycles. The summed E-state index contributed by atoms with van der Waals surface area (Å²) in [6.45, 7) is 3.04. The van der Waals surface area contributed by atoms with Gasteiger partial charge in [-0.15, -0.1) is 5.10 Å². The van der Waals surface area contributed by atoms with Crippen LogP contribution in [0.15, 0.2) is 132 Å². The van der Waals surface area contributed by atoms with Crippen LogP contribution in [0, 0.1) is 0 Å². The Morgan fingerprint density at radius 2 is 1.50 bits per heavy atom. The van der Waals surface area contributed by atoms with Crippen LogP contribution in [0.3, 0.4) is 0 Å². The first-order valence-corrected chi connectivity index (χ1v) is 17.1. The SMILES string of the molecule is CCOc1ccc(/C=C/c2nc3s/c(=C\c4cn(-c5ccccc5)nc4-c4ccc(OCc5cccc6ccccc56)cc4)c(=O)n3n2)cc1. The topological polar surface area (TPSA) is 83.5 Å². The minimum atomic E-state index is -0.228. The highest BCUT2D eigenvalue weighted by Gasteiger charge is 2.14. The molecule has 8 aromatic rings. The molecule has 0 N–H and O–H groups in total. The average Bonchev–Trinajstić information content (AvgIpc) is 3.85. The molecule has 9 heteroatoms. The molecule has 0 saturated carbocycles. The van der Waals surface area contributed by atoms with Crippen molar-refractivity contribution in [3.8, 4) is 28.4 Å². The Balaban J connectivity index is 1.08. The number of fused-ring (bicyclic) bond motifs is 2. The van der Waals surface area contributed by atoms with Crippen LogP contribution in [-0.4, -0.2) is 31.0 Å². The molecule has 8 rings (SSSR count). The zero-order chi connectivity index (χ0) is 33.9. The summed E-state index contributed by atoms with van der Waals surface area (Å²) in [5.41, 5.74) is 5.24. The molecular weight excluding hydrogens is 643 g/mol. The second-order valence-electron chi connectivity index (χ2n) is 11.6. The summed E-state index contributed by atoms with van der Waals surface area (Å²) in [5, 5.41) is 11.8. The van der Waals surface area contributed by atoms with Crippen molar-refractivity contribution in [1.82, 2.24) is 24.4 Å². The lowest BCUT2D eigenvalue weighted by Crippen LogP contribution is -2.23. The van der Waals surface area contributed by atoms with Crippen LogP contribution < -0.4 is 19.6 Å². The third kappa shape index (κ3) is 6.42. The molecule has 0 amide bonds. The van der Waals surface area contributed by atoms with Crippen molar-refractivity contribution in [2.75, 3.05) is 6.61 Å². The van der Waals surface area contributed by atoms with E-state index in [2.05, 4.69) is 40.4 Å². The summed E-state index contributed by atoms with van der Waals surface area (Å²) in [6, 6.07) is 40.2. The smallest absolute Gasteiger partial charge is 0.291 e. The van der Waals surface area contributed by atoms with E-state index in [1.807, 2.05) is 121 Å². The number of benzene rings is 5. The van der Waals surface area contributed by atoms with E-state index in [1.54, 1.807) is 6.08 Å². The number of thiazole rings is 1. The monoisotopic (exact) mass is 673 g/mol. The van der Waals surface area contributed by atoms with Gasteiger partial charge in [0, 0.05) is 17.3 Å². The predicted octanol–water partition coefficient (Wildman–Crippen LogP) is 7.85. The van der Waals surface area contributed by atoms with Crippen LogP contribution in [0.5, 0.6) is 11.5 Å². The van der Waals surface area contributed by atoms with Gasteiger partial charge in [0.1, 0.15) is 23.8 Å². The van der Waals surface area contributed by atoms with Crippen molar-refractivity contribution in [1.29, 1.82) is 0 Å². The number of aromatic nitrogens is 5. The van der Waals surface area contributed by atoms with E-state index in [4.69, 9.17) is 14.6 Å². The van der Waals surface area contributed by atoms with E-state index < -0.39 is 0 Å². The third-order valence-corrected chi connectivity index (χ3v) is 9.23. The van der Waals surface area contributed by atoms with Crippen LogP contribution in [0.2, 0.25) is 0 Å². The Bertz CT molecular complexity index is 2570. The number of nitrogens with zero attached hydrogens (tertiary/aromatic N) is 5. The van der Waals surface area contributed by atoms with Crippen LogP contribution in [-0.2, 0) is 6.61 Å². The summed E-state index contributed by atoms with van der Waals surface area (Å²) in [7, 11) is 0. The first-order chi connectivity index (χ1) is 24.6. The van der Waals surface area contributed by atoms with Crippen LogP contribution in [0.4, 0.5) is 0 Å². The zero-order valence-electron chi connectivity index (χ0n) is 27.1. The van der Waals surface area contributed by atoms with Gasteiger partial charge in [-0.1, -0.05) is 90.2 Å². The number of hydrogen-bond acceptors (Lipinski definition) is 7. The Hall–Kier alpha value is -6.32. The van der Waals surface area contributed by atoms with E-state index in [0.29, 0.717) is 28.5 Å². The largest absolute Gasteiger partial charge is 0.494 e. The maximum absolute atomic E-state index is 13.5. The normalized spacial score (nSPS) is 12.0. The van der Waals surface area contributed by atoms with Gasteiger partial charge in [-0.05, 0) is 89.5 Å². The molecule has 0 aliphatic rings. The Morgan fingerprint density at radius 1 is 0.760 bits per heavy atom. The number of para-hydroxylation sites is 1. The van der Waals surface area contributed by atoms with Crippen LogP contribution >= 0.6 is 11.3 Å². The Kier molecular flexibility index (Phi) is 8.46. The van der Waals surface area contributed by atoms with Gasteiger partial charge < -0.3 is 9.47 Å². The molecule has 50 heavy (non-hydrogen) atoms. The fourth-order valence-corrected chi connectivity index (χ4v) is 6.70. The van der Waals surface area contributed by atoms with Crippen molar-refractivity contribution in [3.05, 3.63) is 165 Å². The van der Waals surface area contributed by atoms with Gasteiger partial charge in [0.2, 0.25) is 4.96 Å². The summed E-state index contributed by atoms with van der Waals surface area (Å²) >= 11 is 1.30. The predicted molar refractivity (Wildman–Crippen MR) is 200 cm³/mol. The third-order valence-electron chi connectivity index (χ3n) is 8.27. The molecular formula is C41H31N5O3S. The molecule has 0 unspecified atom stereocenters. The van der Waals surface area contributed by atoms with Crippen LogP contribution in [0.1, 0.15) is 29.4 Å². The number of hydrogen-bond donors (Lipinski definition) is 0. The zero-order valence-corrected chi connectivity index (χ0v) is 28.0. The molecule has 0 bridgehead atoms. The molecule has 0 aliphatic carbocycles. The maximum Gasteiger partial charge on any atom is 0.291 e. The fraction of sp³-hybridized carbons (Fsp3) is 0.0732. The standard InChI is InChI=1S/C41H31N5O3S/c1-2-48-34-20-15-28(16-21-34)17-24-38-42-41-46(43-38)40(47)37(50-41)25-32-26-45(33-12-4-3-5-13-33)44-39(32)30-18-22-35(23-19-30)49-27-31-11-8-10-29-9-6-7-14-36(29)31/h3-26H,2,27H2,1H3/b24-17+,37-25-. The van der Waals surface area contributed by atoms with Gasteiger partial charge in [0.05, 0.1) is 16.8 Å². The second-order valence-corrected chi connectivity index (χ2v) is 12.6. The van der Waals surface area contributed by atoms with Crippen molar-refractivity contribution in [2.24, 2.45) is 0 Å². The van der Waals surface area contributed by atoms with Crippen molar-refractivity contribution >= 4 is 45.3 Å². The molecule has 0 aliphatic heterocycles. The number of ether oxygens (including phenoxy) is 2. The maximum atomic E-state index is 13.5. The van der Waals surface area contributed by atoms with Crippen molar-refractivity contribution in [2.45, 2.75) is 13.5 Å². The van der Waals surface area contributed by atoms with E-state index in [9.17, 15) is 4.79 Å². The van der Waals surface area contributed by atoms with Crippen molar-refractivity contribution < 1.29 is 9.47 Å². The Labute approximate surface area is 291 Å². The molecule has 244 valence electrons. The lowest BCUT2D eigenvalue weighted by molar-refractivity contribution is 0.308. The molecule has 5 aromatic carbocycles. The molecule has 0 fully saturated rings. The first-order valence-electron chi connectivity index (χ1n) is 16.3. The van der Waals surface area contributed by atoms with Gasteiger partial charge in [-0.2, -0.15) is 14.6 Å². The second kappa shape index (κ2) is 13.7. The highest BCUT2D eigenvalue weighted by atomic mass is 32.1. The molecule has 0 spiro atoms. The quantitative estimate of drug-likeness (QED) is 0.147. The molecule has 8 nitrogen and oxygen atoms in total. The summed E-state index contributed by atoms with van der Waals surface area (Å²) < 4.78 is 15.4. The van der Waals surface area contributed by atoms with Crippen molar-refractivity contribution in [3.63, 3.8) is 0 Å². The van der Waals surface area contributed by atoms with Gasteiger partial charge in [-0.25, -0.2) is 4.68 Å². The van der Waals surface area contributed by atoms with E-state index in [1.165, 1.54) is 26.6 Å². The average molecular weight is 674 g/mol. The first kappa shape index (κ1) is 31.0. The molecule has 0 radical (unpaired) electrons. The summed E-state index contributed by atoms with van der Waals surface area (Å²) in [4.78, 5) is 18.6. The van der Waals surface area contributed by atoms with Crippen LogP contribution in [0.25, 0.3) is 50.9 Å². The van der Waals surface area contributed by atoms with Gasteiger partial charge in [-0.3, -0.25) is 4.79 Å².